The summed E-state index contributed by atoms with van der Waals surface area (Å²) in [5.41, 5.74) is 1.30. The van der Waals surface area contributed by atoms with E-state index >= 15 is 0 Å². The second kappa shape index (κ2) is 5.53. The molecule has 0 aliphatic heterocycles. The van der Waals surface area contributed by atoms with E-state index in [9.17, 15) is 8.42 Å². The van der Waals surface area contributed by atoms with Crippen LogP contribution in [0.2, 0.25) is 5.02 Å². The SMILES string of the molecule is Cc1ccc(Cl)c(NS(=O)(=O)c2cccc(Br)c2)c1. The van der Waals surface area contributed by atoms with Gasteiger partial charge in [0.15, 0.2) is 0 Å². The Morgan fingerprint density at radius 1 is 1.16 bits per heavy atom. The molecule has 0 atom stereocenters. The number of rotatable bonds is 3. The van der Waals surface area contributed by atoms with Crippen LogP contribution >= 0.6 is 27.5 Å². The number of aryl methyl sites for hydroxylation is 1. The Labute approximate surface area is 125 Å². The monoisotopic (exact) mass is 359 g/mol. The average molecular weight is 361 g/mol. The summed E-state index contributed by atoms with van der Waals surface area (Å²) in [6.45, 7) is 1.87. The number of hydrogen-bond donors (Lipinski definition) is 1. The Kier molecular flexibility index (Phi) is 4.18. The highest BCUT2D eigenvalue weighted by Gasteiger charge is 2.15. The summed E-state index contributed by atoms with van der Waals surface area (Å²) in [7, 11) is -3.64. The molecule has 19 heavy (non-hydrogen) atoms. The van der Waals surface area contributed by atoms with Crippen molar-refractivity contribution in [3.63, 3.8) is 0 Å². The van der Waals surface area contributed by atoms with Crippen molar-refractivity contribution >= 4 is 43.2 Å². The van der Waals surface area contributed by atoms with Crippen LogP contribution in [0, 0.1) is 6.92 Å². The number of hydrogen-bond acceptors (Lipinski definition) is 2. The van der Waals surface area contributed by atoms with Gasteiger partial charge in [0, 0.05) is 4.47 Å². The van der Waals surface area contributed by atoms with Crippen molar-refractivity contribution < 1.29 is 8.42 Å². The molecule has 0 bridgehead atoms. The number of halogens is 2. The number of nitrogens with one attached hydrogen (secondary N) is 1. The van der Waals surface area contributed by atoms with Crippen molar-refractivity contribution in [2.24, 2.45) is 0 Å². The van der Waals surface area contributed by atoms with E-state index in [-0.39, 0.29) is 4.90 Å². The first-order valence-electron chi connectivity index (χ1n) is 5.43. The third kappa shape index (κ3) is 3.49. The summed E-state index contributed by atoms with van der Waals surface area (Å²) >= 11 is 9.23. The van der Waals surface area contributed by atoms with Crippen LogP contribution in [0.25, 0.3) is 0 Å². The Morgan fingerprint density at radius 2 is 1.89 bits per heavy atom. The maximum atomic E-state index is 12.2. The molecule has 0 radical (unpaired) electrons. The molecule has 0 saturated heterocycles. The van der Waals surface area contributed by atoms with E-state index in [0.717, 1.165) is 5.56 Å². The van der Waals surface area contributed by atoms with E-state index in [1.807, 2.05) is 13.0 Å². The minimum absolute atomic E-state index is 0.180. The molecule has 3 nitrogen and oxygen atoms in total. The molecule has 0 saturated carbocycles. The van der Waals surface area contributed by atoms with Crippen LogP contribution in [0.5, 0.6) is 0 Å². The molecule has 1 N–H and O–H groups in total. The molecule has 0 heterocycles. The van der Waals surface area contributed by atoms with E-state index < -0.39 is 10.0 Å². The van der Waals surface area contributed by atoms with Gasteiger partial charge in [0.2, 0.25) is 0 Å². The second-order valence-corrected chi connectivity index (χ2v) is 7.05. The van der Waals surface area contributed by atoms with Crippen molar-refractivity contribution in [2.75, 3.05) is 4.72 Å². The standard InChI is InChI=1S/C13H11BrClNO2S/c1-9-5-6-12(15)13(7-9)16-19(17,18)11-4-2-3-10(14)8-11/h2-8,16H,1H3. The lowest BCUT2D eigenvalue weighted by atomic mass is 10.2. The molecule has 0 aliphatic carbocycles. The van der Waals surface area contributed by atoms with Crippen LogP contribution in [0.15, 0.2) is 51.8 Å². The van der Waals surface area contributed by atoms with Crippen LogP contribution in [-0.4, -0.2) is 8.42 Å². The van der Waals surface area contributed by atoms with Gasteiger partial charge in [0.25, 0.3) is 10.0 Å². The maximum absolute atomic E-state index is 12.2. The zero-order chi connectivity index (χ0) is 14.0. The van der Waals surface area contributed by atoms with E-state index in [0.29, 0.717) is 15.2 Å². The molecule has 0 aliphatic rings. The van der Waals surface area contributed by atoms with Gasteiger partial charge in [0.05, 0.1) is 15.6 Å². The highest BCUT2D eigenvalue weighted by molar-refractivity contribution is 9.10. The van der Waals surface area contributed by atoms with Gasteiger partial charge < -0.3 is 0 Å². The zero-order valence-corrected chi connectivity index (χ0v) is 13.2. The summed E-state index contributed by atoms with van der Waals surface area (Å²) in [5, 5.41) is 0.365. The Balaban J connectivity index is 2.39. The van der Waals surface area contributed by atoms with Gasteiger partial charge in [-0.15, -0.1) is 0 Å². The van der Waals surface area contributed by atoms with E-state index in [1.165, 1.54) is 12.1 Å². The lowest BCUT2D eigenvalue weighted by molar-refractivity contribution is 0.601. The summed E-state index contributed by atoms with van der Waals surface area (Å²) in [4.78, 5) is 0.180. The van der Waals surface area contributed by atoms with Gasteiger partial charge in [0.1, 0.15) is 0 Å². The average Bonchev–Trinajstić information content (AvgIpc) is 2.33. The third-order valence-corrected chi connectivity index (χ3v) is 4.66. The molecule has 100 valence electrons. The quantitative estimate of drug-likeness (QED) is 0.891. The molecule has 0 fully saturated rings. The van der Waals surface area contributed by atoms with E-state index in [1.54, 1.807) is 24.3 Å². The first kappa shape index (κ1) is 14.4. The van der Waals surface area contributed by atoms with Gasteiger partial charge in [-0.1, -0.05) is 39.7 Å². The van der Waals surface area contributed by atoms with Gasteiger partial charge in [-0.2, -0.15) is 0 Å². The molecule has 0 aromatic heterocycles. The highest BCUT2D eigenvalue weighted by atomic mass is 79.9. The van der Waals surface area contributed by atoms with E-state index in [2.05, 4.69) is 20.7 Å². The predicted octanol–water partition coefficient (Wildman–Crippen LogP) is 4.21. The van der Waals surface area contributed by atoms with Crippen LogP contribution in [0.1, 0.15) is 5.56 Å². The topological polar surface area (TPSA) is 46.2 Å². The fourth-order valence-electron chi connectivity index (χ4n) is 1.56. The molecule has 2 rings (SSSR count). The Bertz CT molecular complexity index is 716. The number of sulfonamides is 1. The zero-order valence-electron chi connectivity index (χ0n) is 10.0. The normalized spacial score (nSPS) is 11.3. The molecule has 0 amide bonds. The summed E-state index contributed by atoms with van der Waals surface area (Å²) < 4.78 is 27.6. The fraction of sp³-hybridized carbons (Fsp3) is 0.0769. The molecular formula is C13H11BrClNO2S. The largest absolute Gasteiger partial charge is 0.278 e. The summed E-state index contributed by atoms with van der Waals surface area (Å²) in [6.07, 6.45) is 0. The molecule has 6 heteroatoms. The highest BCUT2D eigenvalue weighted by Crippen LogP contribution is 2.26. The lowest BCUT2D eigenvalue weighted by Crippen LogP contribution is -2.13. The van der Waals surface area contributed by atoms with Crippen LogP contribution in [0.4, 0.5) is 5.69 Å². The maximum Gasteiger partial charge on any atom is 0.261 e. The minimum Gasteiger partial charge on any atom is -0.278 e. The van der Waals surface area contributed by atoms with Crippen LogP contribution in [0.3, 0.4) is 0 Å². The summed E-state index contributed by atoms with van der Waals surface area (Å²) in [5.74, 6) is 0. The smallest absolute Gasteiger partial charge is 0.261 e. The van der Waals surface area contributed by atoms with E-state index in [4.69, 9.17) is 11.6 Å². The van der Waals surface area contributed by atoms with Crippen molar-refractivity contribution in [1.82, 2.24) is 0 Å². The Hall–Kier alpha value is -1.04. The second-order valence-electron chi connectivity index (χ2n) is 4.05. The van der Waals surface area contributed by atoms with Crippen LogP contribution < -0.4 is 4.72 Å². The number of benzene rings is 2. The third-order valence-electron chi connectivity index (χ3n) is 2.47. The summed E-state index contributed by atoms with van der Waals surface area (Å²) in [6, 6.07) is 11.7. The van der Waals surface area contributed by atoms with Crippen LogP contribution in [-0.2, 0) is 10.0 Å². The van der Waals surface area contributed by atoms with Gasteiger partial charge in [-0.3, -0.25) is 4.72 Å². The predicted molar refractivity (Wildman–Crippen MR) is 81.1 cm³/mol. The fourth-order valence-corrected chi connectivity index (χ4v) is 3.44. The molecular weight excluding hydrogens is 350 g/mol. The molecule has 2 aromatic carbocycles. The number of anilines is 1. The molecule has 0 spiro atoms. The lowest BCUT2D eigenvalue weighted by Gasteiger charge is -2.10. The minimum atomic E-state index is -3.64. The van der Waals surface area contributed by atoms with Gasteiger partial charge in [-0.05, 0) is 42.8 Å². The van der Waals surface area contributed by atoms with Crippen molar-refractivity contribution in [2.45, 2.75) is 11.8 Å². The first-order valence-corrected chi connectivity index (χ1v) is 8.08. The van der Waals surface area contributed by atoms with Crippen molar-refractivity contribution in [1.29, 1.82) is 0 Å². The van der Waals surface area contributed by atoms with Gasteiger partial charge in [-0.25, -0.2) is 8.42 Å². The van der Waals surface area contributed by atoms with Crippen molar-refractivity contribution in [3.8, 4) is 0 Å². The molecule has 2 aromatic rings. The Morgan fingerprint density at radius 3 is 2.58 bits per heavy atom. The van der Waals surface area contributed by atoms with Gasteiger partial charge >= 0.3 is 0 Å². The van der Waals surface area contributed by atoms with Crippen molar-refractivity contribution in [3.05, 3.63) is 57.5 Å². The molecule has 0 unspecified atom stereocenters. The first-order chi connectivity index (χ1) is 8.88.